The fraction of sp³-hybridized carbons (Fsp3) is 0.125. The summed E-state index contributed by atoms with van der Waals surface area (Å²) >= 11 is 2.81. The van der Waals surface area contributed by atoms with Gasteiger partial charge in [0.05, 0.1) is 6.61 Å². The van der Waals surface area contributed by atoms with Crippen molar-refractivity contribution in [3.8, 4) is 0 Å². The summed E-state index contributed by atoms with van der Waals surface area (Å²) in [5, 5.41) is 9.68. The number of hydrogen-bond acceptors (Lipinski definition) is 6. The molecule has 72 valence electrons. The molecule has 4 nitrogen and oxygen atoms in total. The first-order chi connectivity index (χ1) is 6.88. The van der Waals surface area contributed by atoms with E-state index in [9.17, 15) is 0 Å². The Bertz CT molecular complexity index is 387. The highest BCUT2D eigenvalue weighted by atomic mass is 32.2. The Morgan fingerprint density at radius 2 is 2.29 bits per heavy atom. The van der Waals surface area contributed by atoms with Crippen molar-refractivity contribution in [1.29, 1.82) is 0 Å². The number of aliphatic hydroxyl groups is 1. The second kappa shape index (κ2) is 4.50. The summed E-state index contributed by atoms with van der Waals surface area (Å²) in [6.45, 7) is 0.0246. The van der Waals surface area contributed by atoms with Gasteiger partial charge in [0, 0.05) is 6.20 Å². The monoisotopic (exact) mass is 225 g/mol. The molecule has 0 atom stereocenters. The van der Waals surface area contributed by atoms with Crippen LogP contribution in [0.5, 0.6) is 0 Å². The summed E-state index contributed by atoms with van der Waals surface area (Å²) in [6.07, 6.45) is 3.18. The molecule has 0 saturated heterocycles. The molecule has 0 amide bonds. The molecule has 14 heavy (non-hydrogen) atoms. The molecular formula is C8H7N3OS2. The van der Waals surface area contributed by atoms with Gasteiger partial charge in [-0.1, -0.05) is 6.07 Å². The lowest BCUT2D eigenvalue weighted by molar-refractivity contribution is 0.281. The first kappa shape index (κ1) is 9.57. The quantitative estimate of drug-likeness (QED) is 0.859. The van der Waals surface area contributed by atoms with E-state index in [4.69, 9.17) is 5.11 Å². The fourth-order valence-corrected chi connectivity index (χ4v) is 2.20. The van der Waals surface area contributed by atoms with Crippen molar-refractivity contribution in [3.05, 3.63) is 30.2 Å². The van der Waals surface area contributed by atoms with Crippen LogP contribution in [-0.4, -0.2) is 19.4 Å². The third-order valence-electron chi connectivity index (χ3n) is 1.51. The van der Waals surface area contributed by atoms with E-state index in [0.29, 0.717) is 0 Å². The van der Waals surface area contributed by atoms with Crippen molar-refractivity contribution in [2.45, 2.75) is 16.0 Å². The van der Waals surface area contributed by atoms with Crippen molar-refractivity contribution < 1.29 is 5.11 Å². The van der Waals surface area contributed by atoms with E-state index in [0.717, 1.165) is 14.9 Å². The summed E-state index contributed by atoms with van der Waals surface area (Å²) in [6, 6.07) is 3.70. The molecule has 0 aliphatic heterocycles. The van der Waals surface area contributed by atoms with E-state index in [2.05, 4.69) is 14.3 Å². The Morgan fingerprint density at radius 1 is 1.36 bits per heavy atom. The standard InChI is InChI=1S/C8H7N3OS2/c12-4-6-1-2-7(9-3-6)13-8-10-5-11-14-8/h1-3,5,12H,4H2. The second-order valence-electron chi connectivity index (χ2n) is 2.47. The van der Waals surface area contributed by atoms with Gasteiger partial charge in [-0.15, -0.1) is 0 Å². The molecule has 0 unspecified atom stereocenters. The highest BCUT2D eigenvalue weighted by Crippen LogP contribution is 2.25. The summed E-state index contributed by atoms with van der Waals surface area (Å²) in [4.78, 5) is 8.20. The van der Waals surface area contributed by atoms with Crippen LogP contribution in [0.4, 0.5) is 0 Å². The van der Waals surface area contributed by atoms with Crippen LogP contribution in [0.15, 0.2) is 34.0 Å². The van der Waals surface area contributed by atoms with Crippen molar-refractivity contribution in [2.24, 2.45) is 0 Å². The first-order valence-corrected chi connectivity index (χ1v) is 5.48. The smallest absolute Gasteiger partial charge is 0.175 e. The zero-order chi connectivity index (χ0) is 9.80. The highest BCUT2D eigenvalue weighted by molar-refractivity contribution is 8.00. The zero-order valence-corrected chi connectivity index (χ0v) is 8.75. The summed E-state index contributed by atoms with van der Waals surface area (Å²) in [5.41, 5.74) is 0.812. The van der Waals surface area contributed by atoms with Gasteiger partial charge in [0.25, 0.3) is 0 Å². The minimum atomic E-state index is 0.0246. The molecule has 2 heterocycles. The molecule has 0 aliphatic rings. The maximum absolute atomic E-state index is 8.82. The highest BCUT2D eigenvalue weighted by Gasteiger charge is 2.01. The van der Waals surface area contributed by atoms with Gasteiger partial charge >= 0.3 is 0 Å². The van der Waals surface area contributed by atoms with Crippen LogP contribution in [0.2, 0.25) is 0 Å². The molecule has 2 aromatic rings. The Balaban J connectivity index is 2.10. The van der Waals surface area contributed by atoms with E-state index in [1.165, 1.54) is 29.6 Å². The molecular weight excluding hydrogens is 218 g/mol. The number of aliphatic hydroxyl groups excluding tert-OH is 1. The predicted octanol–water partition coefficient (Wildman–Crippen LogP) is 1.58. The molecule has 0 bridgehead atoms. The van der Waals surface area contributed by atoms with Crippen LogP contribution in [0.3, 0.4) is 0 Å². The van der Waals surface area contributed by atoms with Crippen LogP contribution >= 0.6 is 23.3 Å². The minimum absolute atomic E-state index is 0.0246. The topological polar surface area (TPSA) is 58.9 Å². The van der Waals surface area contributed by atoms with Gasteiger partial charge in [0.2, 0.25) is 0 Å². The van der Waals surface area contributed by atoms with Crippen LogP contribution in [0, 0.1) is 0 Å². The lowest BCUT2D eigenvalue weighted by atomic mass is 10.3. The van der Waals surface area contributed by atoms with Crippen LogP contribution < -0.4 is 0 Å². The predicted molar refractivity (Wildman–Crippen MR) is 54.2 cm³/mol. The van der Waals surface area contributed by atoms with E-state index >= 15 is 0 Å². The van der Waals surface area contributed by atoms with E-state index in [1.54, 1.807) is 6.20 Å². The number of hydrogen-bond donors (Lipinski definition) is 1. The normalized spacial score (nSPS) is 10.4. The third kappa shape index (κ3) is 2.28. The van der Waals surface area contributed by atoms with Gasteiger partial charge in [-0.3, -0.25) is 0 Å². The fourth-order valence-electron chi connectivity index (χ4n) is 0.862. The third-order valence-corrected chi connectivity index (χ3v) is 3.18. The van der Waals surface area contributed by atoms with Crippen LogP contribution in [-0.2, 0) is 6.61 Å². The van der Waals surface area contributed by atoms with Crippen molar-refractivity contribution in [3.63, 3.8) is 0 Å². The van der Waals surface area contributed by atoms with Crippen LogP contribution in [0.25, 0.3) is 0 Å². The van der Waals surface area contributed by atoms with Gasteiger partial charge in [-0.25, -0.2) is 9.97 Å². The van der Waals surface area contributed by atoms with Gasteiger partial charge in [0.15, 0.2) is 4.34 Å². The second-order valence-corrected chi connectivity index (χ2v) is 4.52. The van der Waals surface area contributed by atoms with Crippen molar-refractivity contribution in [1.82, 2.24) is 14.3 Å². The average molecular weight is 225 g/mol. The van der Waals surface area contributed by atoms with Gasteiger partial charge in [-0.05, 0) is 34.9 Å². The molecule has 0 fully saturated rings. The Hall–Kier alpha value is -0.980. The molecule has 0 spiro atoms. The molecule has 0 aromatic carbocycles. The lowest BCUT2D eigenvalue weighted by Crippen LogP contribution is -1.85. The van der Waals surface area contributed by atoms with E-state index < -0.39 is 0 Å². The Morgan fingerprint density at radius 3 is 2.86 bits per heavy atom. The van der Waals surface area contributed by atoms with Crippen molar-refractivity contribution in [2.75, 3.05) is 0 Å². The lowest BCUT2D eigenvalue weighted by Gasteiger charge is -1.97. The molecule has 0 aliphatic carbocycles. The van der Waals surface area contributed by atoms with Crippen molar-refractivity contribution >= 4 is 23.3 Å². The summed E-state index contributed by atoms with van der Waals surface area (Å²) in [5.74, 6) is 0. The zero-order valence-electron chi connectivity index (χ0n) is 7.12. The number of aromatic nitrogens is 3. The number of rotatable bonds is 3. The van der Waals surface area contributed by atoms with Gasteiger partial charge in [-0.2, -0.15) is 4.37 Å². The SMILES string of the molecule is OCc1ccc(Sc2ncns2)nc1. The number of pyridine rings is 1. The van der Waals surface area contributed by atoms with Gasteiger partial charge in [0.1, 0.15) is 11.4 Å². The Kier molecular flexibility index (Phi) is 3.07. The summed E-state index contributed by atoms with van der Waals surface area (Å²) in [7, 11) is 0. The van der Waals surface area contributed by atoms with E-state index in [-0.39, 0.29) is 6.61 Å². The Labute approximate surface area is 89.2 Å². The molecule has 0 saturated carbocycles. The first-order valence-electron chi connectivity index (χ1n) is 3.89. The minimum Gasteiger partial charge on any atom is -0.392 e. The van der Waals surface area contributed by atoms with E-state index in [1.807, 2.05) is 12.1 Å². The number of nitrogens with zero attached hydrogens (tertiary/aromatic N) is 3. The molecule has 6 heteroatoms. The van der Waals surface area contributed by atoms with Crippen LogP contribution in [0.1, 0.15) is 5.56 Å². The summed E-state index contributed by atoms with van der Waals surface area (Å²) < 4.78 is 4.76. The molecule has 2 aromatic heterocycles. The molecule has 1 N–H and O–H groups in total. The van der Waals surface area contributed by atoms with Gasteiger partial charge < -0.3 is 5.11 Å². The largest absolute Gasteiger partial charge is 0.392 e. The molecule has 2 rings (SSSR count). The molecule has 0 radical (unpaired) electrons. The average Bonchev–Trinajstić information content (AvgIpc) is 2.72. The maximum atomic E-state index is 8.82. The maximum Gasteiger partial charge on any atom is 0.175 e.